The number of rotatable bonds is 7. The van der Waals surface area contributed by atoms with Gasteiger partial charge in [-0.05, 0) is 20.8 Å². The summed E-state index contributed by atoms with van der Waals surface area (Å²) in [6.45, 7) is 6.96. The van der Waals surface area contributed by atoms with Crippen LogP contribution in [0.25, 0.3) is 0 Å². The molecule has 0 heterocycles. The maximum atomic E-state index is 9.44. The first-order chi connectivity index (χ1) is 6.02. The summed E-state index contributed by atoms with van der Waals surface area (Å²) in [5, 5.41) is 21.3. The topological polar surface area (TPSA) is 61.7 Å². The predicted octanol–water partition coefficient (Wildman–Crippen LogP) is -0.256. The van der Waals surface area contributed by atoms with Gasteiger partial charge < -0.3 is 20.3 Å². The van der Waals surface area contributed by atoms with E-state index in [1.807, 2.05) is 13.8 Å². The van der Waals surface area contributed by atoms with Gasteiger partial charge in [-0.25, -0.2) is 0 Å². The van der Waals surface area contributed by atoms with Crippen LogP contribution in [0.5, 0.6) is 0 Å². The minimum Gasteiger partial charge on any atom is -0.393 e. The molecule has 0 amide bonds. The van der Waals surface area contributed by atoms with Crippen LogP contribution >= 0.6 is 0 Å². The molecule has 0 aromatic heterocycles. The Morgan fingerprint density at radius 1 is 1.54 bits per heavy atom. The molecule has 13 heavy (non-hydrogen) atoms. The third kappa shape index (κ3) is 6.95. The summed E-state index contributed by atoms with van der Waals surface area (Å²) in [7, 11) is 0. The fourth-order valence-corrected chi connectivity index (χ4v) is 0.804. The van der Waals surface area contributed by atoms with Crippen LogP contribution < -0.4 is 5.32 Å². The lowest BCUT2D eigenvalue weighted by Crippen LogP contribution is -2.45. The lowest BCUT2D eigenvalue weighted by Gasteiger charge is -2.23. The molecule has 0 aliphatic carbocycles. The third-order valence-electron chi connectivity index (χ3n) is 1.74. The number of aliphatic hydroxyl groups is 2. The summed E-state index contributed by atoms with van der Waals surface area (Å²) >= 11 is 0. The molecule has 0 aliphatic rings. The maximum Gasteiger partial charge on any atom is 0.0972 e. The standard InChI is InChI=1S/C9H21NO3/c1-4-13-5-8(2)10-6-9(3,12)7-11/h8,10-12H,4-7H2,1-3H3. The second-order valence-electron chi connectivity index (χ2n) is 3.60. The zero-order valence-corrected chi connectivity index (χ0v) is 8.71. The lowest BCUT2D eigenvalue weighted by molar-refractivity contribution is -0.00148. The molecular formula is C9H21NO3. The van der Waals surface area contributed by atoms with Gasteiger partial charge in [0.05, 0.1) is 18.8 Å². The van der Waals surface area contributed by atoms with E-state index in [4.69, 9.17) is 9.84 Å². The van der Waals surface area contributed by atoms with Gasteiger partial charge in [0.25, 0.3) is 0 Å². The van der Waals surface area contributed by atoms with Crippen LogP contribution in [0.1, 0.15) is 20.8 Å². The van der Waals surface area contributed by atoms with Crippen LogP contribution in [0.15, 0.2) is 0 Å². The SMILES string of the molecule is CCOCC(C)NCC(C)(O)CO. The summed E-state index contributed by atoms with van der Waals surface area (Å²) in [5.74, 6) is 0. The largest absolute Gasteiger partial charge is 0.393 e. The molecule has 2 unspecified atom stereocenters. The van der Waals surface area contributed by atoms with Gasteiger partial charge in [0.1, 0.15) is 0 Å². The first-order valence-electron chi connectivity index (χ1n) is 4.66. The van der Waals surface area contributed by atoms with Crippen LogP contribution in [-0.2, 0) is 4.74 Å². The minimum absolute atomic E-state index is 0.193. The highest BCUT2D eigenvalue weighted by atomic mass is 16.5. The molecular weight excluding hydrogens is 170 g/mol. The van der Waals surface area contributed by atoms with E-state index in [-0.39, 0.29) is 12.6 Å². The fraction of sp³-hybridized carbons (Fsp3) is 1.00. The first-order valence-corrected chi connectivity index (χ1v) is 4.66. The van der Waals surface area contributed by atoms with Crippen molar-refractivity contribution in [2.75, 3.05) is 26.4 Å². The van der Waals surface area contributed by atoms with Gasteiger partial charge in [0, 0.05) is 19.2 Å². The summed E-state index contributed by atoms with van der Waals surface area (Å²) in [6.07, 6.45) is 0. The Morgan fingerprint density at radius 3 is 2.62 bits per heavy atom. The van der Waals surface area contributed by atoms with Gasteiger partial charge >= 0.3 is 0 Å². The Bertz CT molecular complexity index is 128. The highest BCUT2D eigenvalue weighted by Gasteiger charge is 2.19. The smallest absolute Gasteiger partial charge is 0.0972 e. The summed E-state index contributed by atoms with van der Waals surface area (Å²) in [4.78, 5) is 0. The normalized spacial score (nSPS) is 18.2. The number of ether oxygens (including phenoxy) is 1. The Morgan fingerprint density at radius 2 is 2.15 bits per heavy atom. The van der Waals surface area contributed by atoms with Gasteiger partial charge in [0.2, 0.25) is 0 Å². The van der Waals surface area contributed by atoms with E-state index in [0.717, 1.165) is 0 Å². The zero-order chi connectivity index (χ0) is 10.3. The lowest BCUT2D eigenvalue weighted by atomic mass is 10.1. The summed E-state index contributed by atoms with van der Waals surface area (Å²) in [5.41, 5.74) is -1.04. The van der Waals surface area contributed by atoms with Gasteiger partial charge in [0.15, 0.2) is 0 Å². The highest BCUT2D eigenvalue weighted by molar-refractivity contribution is 4.75. The average molecular weight is 191 g/mol. The van der Waals surface area contributed by atoms with E-state index in [9.17, 15) is 5.11 Å². The van der Waals surface area contributed by atoms with Crippen LogP contribution in [0.4, 0.5) is 0 Å². The van der Waals surface area contributed by atoms with Gasteiger partial charge in [-0.15, -0.1) is 0 Å². The maximum absolute atomic E-state index is 9.44. The van der Waals surface area contributed by atoms with E-state index in [2.05, 4.69) is 5.32 Å². The van der Waals surface area contributed by atoms with Crippen molar-refractivity contribution in [3.8, 4) is 0 Å². The number of hydrogen-bond acceptors (Lipinski definition) is 4. The second-order valence-corrected chi connectivity index (χ2v) is 3.60. The highest BCUT2D eigenvalue weighted by Crippen LogP contribution is 1.99. The molecule has 3 N–H and O–H groups in total. The molecule has 0 radical (unpaired) electrons. The molecule has 0 aromatic rings. The van der Waals surface area contributed by atoms with E-state index < -0.39 is 5.60 Å². The van der Waals surface area contributed by atoms with Crippen LogP contribution in [-0.4, -0.2) is 48.2 Å². The third-order valence-corrected chi connectivity index (χ3v) is 1.74. The molecule has 0 aliphatic heterocycles. The number of hydrogen-bond donors (Lipinski definition) is 3. The molecule has 0 spiro atoms. The van der Waals surface area contributed by atoms with Crippen molar-refractivity contribution in [1.29, 1.82) is 0 Å². The average Bonchev–Trinajstić information content (AvgIpc) is 2.11. The monoisotopic (exact) mass is 191 g/mol. The Balaban J connectivity index is 3.51. The fourth-order valence-electron chi connectivity index (χ4n) is 0.804. The van der Waals surface area contributed by atoms with E-state index in [1.54, 1.807) is 6.92 Å². The van der Waals surface area contributed by atoms with E-state index in [1.165, 1.54) is 0 Å². The van der Waals surface area contributed by atoms with Crippen molar-refractivity contribution in [3.63, 3.8) is 0 Å². The van der Waals surface area contributed by atoms with Crippen molar-refractivity contribution in [2.45, 2.75) is 32.4 Å². The van der Waals surface area contributed by atoms with Crippen molar-refractivity contribution in [2.24, 2.45) is 0 Å². The number of aliphatic hydroxyl groups excluding tert-OH is 1. The van der Waals surface area contributed by atoms with Crippen LogP contribution in [0, 0.1) is 0 Å². The predicted molar refractivity (Wildman–Crippen MR) is 51.7 cm³/mol. The molecule has 0 bridgehead atoms. The molecule has 0 fully saturated rings. The van der Waals surface area contributed by atoms with Gasteiger partial charge in [-0.3, -0.25) is 0 Å². The minimum atomic E-state index is -1.04. The van der Waals surface area contributed by atoms with Crippen molar-refractivity contribution < 1.29 is 14.9 Å². The number of nitrogens with one attached hydrogen (secondary N) is 1. The molecule has 0 saturated carbocycles. The Labute approximate surface area is 79.9 Å². The Hall–Kier alpha value is -0.160. The van der Waals surface area contributed by atoms with Crippen LogP contribution in [0.2, 0.25) is 0 Å². The van der Waals surface area contributed by atoms with E-state index >= 15 is 0 Å². The Kier molecular flexibility index (Phi) is 6.24. The quantitative estimate of drug-likeness (QED) is 0.519. The van der Waals surface area contributed by atoms with Crippen LogP contribution in [0.3, 0.4) is 0 Å². The van der Waals surface area contributed by atoms with Gasteiger partial charge in [-0.2, -0.15) is 0 Å². The molecule has 0 saturated heterocycles. The summed E-state index contributed by atoms with van der Waals surface area (Å²) in [6, 6.07) is 0.193. The molecule has 0 rings (SSSR count). The van der Waals surface area contributed by atoms with Crippen molar-refractivity contribution >= 4 is 0 Å². The first kappa shape index (κ1) is 12.8. The molecule has 0 aromatic carbocycles. The summed E-state index contributed by atoms with van der Waals surface area (Å²) < 4.78 is 5.19. The second kappa shape index (κ2) is 6.32. The molecule has 4 nitrogen and oxygen atoms in total. The molecule has 2 atom stereocenters. The van der Waals surface area contributed by atoms with Crippen molar-refractivity contribution in [3.05, 3.63) is 0 Å². The van der Waals surface area contributed by atoms with Crippen molar-refractivity contribution in [1.82, 2.24) is 5.32 Å². The molecule has 80 valence electrons. The zero-order valence-electron chi connectivity index (χ0n) is 8.71. The molecule has 4 heteroatoms. The van der Waals surface area contributed by atoms with E-state index in [0.29, 0.717) is 19.8 Å². The van der Waals surface area contributed by atoms with Gasteiger partial charge in [-0.1, -0.05) is 0 Å².